The van der Waals surface area contributed by atoms with Crippen molar-refractivity contribution in [3.8, 4) is 0 Å². The maximum Gasteiger partial charge on any atom is 0.390 e. The maximum absolute atomic E-state index is 12.0. The van der Waals surface area contributed by atoms with Crippen LogP contribution in [0.2, 0.25) is 0 Å². The minimum Gasteiger partial charge on any atom is -0.317 e. The van der Waals surface area contributed by atoms with Gasteiger partial charge in [-0.3, -0.25) is 0 Å². The lowest BCUT2D eigenvalue weighted by molar-refractivity contribution is -0.141. The van der Waals surface area contributed by atoms with Gasteiger partial charge in [0.25, 0.3) is 0 Å². The van der Waals surface area contributed by atoms with Crippen LogP contribution in [-0.2, 0) is 0 Å². The molecule has 1 aliphatic rings. The minimum absolute atomic E-state index is 0.384. The molecule has 0 aromatic rings. The van der Waals surface area contributed by atoms with E-state index < -0.39 is 12.6 Å². The van der Waals surface area contributed by atoms with Crippen molar-refractivity contribution in [3.63, 3.8) is 0 Å². The highest BCUT2D eigenvalue weighted by atomic mass is 19.4. The number of hydrogen-bond acceptors (Lipinski definition) is 1. The van der Waals surface area contributed by atoms with Crippen LogP contribution < -0.4 is 5.32 Å². The van der Waals surface area contributed by atoms with E-state index in [0.29, 0.717) is 12.3 Å². The first-order chi connectivity index (χ1) is 6.01. The SMILES string of the molecule is CNC(CC1CCC1)CC(F)(F)F. The summed E-state index contributed by atoms with van der Waals surface area (Å²) in [7, 11) is 1.61. The van der Waals surface area contributed by atoms with Crippen molar-refractivity contribution in [2.24, 2.45) is 5.92 Å². The average molecular weight is 195 g/mol. The summed E-state index contributed by atoms with van der Waals surface area (Å²) >= 11 is 0. The van der Waals surface area contributed by atoms with Gasteiger partial charge in [-0.15, -0.1) is 0 Å². The van der Waals surface area contributed by atoms with Gasteiger partial charge in [0, 0.05) is 6.04 Å². The fraction of sp³-hybridized carbons (Fsp3) is 1.00. The molecule has 1 N–H and O–H groups in total. The zero-order chi connectivity index (χ0) is 9.90. The quantitative estimate of drug-likeness (QED) is 0.727. The first-order valence-corrected chi connectivity index (χ1v) is 4.75. The highest BCUT2D eigenvalue weighted by molar-refractivity contribution is 4.78. The molecular formula is C9H16F3N. The van der Waals surface area contributed by atoms with Gasteiger partial charge in [0.05, 0.1) is 6.42 Å². The third kappa shape index (κ3) is 3.98. The topological polar surface area (TPSA) is 12.0 Å². The molecule has 13 heavy (non-hydrogen) atoms. The van der Waals surface area contributed by atoms with Crippen molar-refractivity contribution in [1.82, 2.24) is 5.32 Å². The highest BCUT2D eigenvalue weighted by Gasteiger charge is 2.33. The molecule has 1 unspecified atom stereocenters. The summed E-state index contributed by atoms with van der Waals surface area (Å²) in [5.74, 6) is 0.528. The Balaban J connectivity index is 2.25. The van der Waals surface area contributed by atoms with Gasteiger partial charge in [0.1, 0.15) is 0 Å². The van der Waals surface area contributed by atoms with E-state index in [9.17, 15) is 13.2 Å². The van der Waals surface area contributed by atoms with E-state index in [1.807, 2.05) is 0 Å². The summed E-state index contributed by atoms with van der Waals surface area (Å²) < 4.78 is 36.1. The van der Waals surface area contributed by atoms with Crippen LogP contribution in [0.1, 0.15) is 32.1 Å². The summed E-state index contributed by atoms with van der Waals surface area (Å²) in [6.07, 6.45) is -0.646. The average Bonchev–Trinajstić information content (AvgIpc) is 1.91. The van der Waals surface area contributed by atoms with Crippen LogP contribution in [-0.4, -0.2) is 19.3 Å². The van der Waals surface area contributed by atoms with E-state index in [1.165, 1.54) is 6.42 Å². The fourth-order valence-corrected chi connectivity index (χ4v) is 1.71. The van der Waals surface area contributed by atoms with Crippen molar-refractivity contribution >= 4 is 0 Å². The molecule has 0 radical (unpaired) electrons. The molecule has 0 heterocycles. The summed E-state index contributed by atoms with van der Waals surface area (Å²) in [5, 5.41) is 2.74. The number of rotatable bonds is 4. The lowest BCUT2D eigenvalue weighted by Crippen LogP contribution is -2.34. The summed E-state index contributed by atoms with van der Waals surface area (Å²) in [5.41, 5.74) is 0. The van der Waals surface area contributed by atoms with Crippen LogP contribution in [0.5, 0.6) is 0 Å². The smallest absolute Gasteiger partial charge is 0.317 e. The largest absolute Gasteiger partial charge is 0.390 e. The van der Waals surface area contributed by atoms with Gasteiger partial charge in [0.15, 0.2) is 0 Å². The number of hydrogen-bond donors (Lipinski definition) is 1. The molecule has 1 atom stereocenters. The second-order valence-corrected chi connectivity index (χ2v) is 3.84. The molecule has 1 nitrogen and oxygen atoms in total. The molecule has 1 aliphatic carbocycles. The third-order valence-electron chi connectivity index (χ3n) is 2.73. The minimum atomic E-state index is -4.03. The molecule has 1 rings (SSSR count). The van der Waals surface area contributed by atoms with Crippen LogP contribution in [0.15, 0.2) is 0 Å². The molecule has 0 aromatic carbocycles. The normalized spacial score (nSPS) is 21.2. The molecule has 1 fully saturated rings. The zero-order valence-electron chi connectivity index (χ0n) is 7.82. The molecule has 0 aromatic heterocycles. The Morgan fingerprint density at radius 2 is 2.00 bits per heavy atom. The van der Waals surface area contributed by atoms with Gasteiger partial charge in [-0.1, -0.05) is 19.3 Å². The standard InChI is InChI=1S/C9H16F3N/c1-13-8(6-9(10,11)12)5-7-3-2-4-7/h7-8,13H,2-6H2,1H3. The molecule has 0 amide bonds. The Labute approximate surface area is 76.7 Å². The van der Waals surface area contributed by atoms with Crippen LogP contribution >= 0.6 is 0 Å². The fourth-order valence-electron chi connectivity index (χ4n) is 1.71. The van der Waals surface area contributed by atoms with Crippen LogP contribution in [0.4, 0.5) is 13.2 Å². The third-order valence-corrected chi connectivity index (χ3v) is 2.73. The number of nitrogens with one attached hydrogen (secondary N) is 1. The lowest BCUT2D eigenvalue weighted by atomic mass is 9.80. The Morgan fingerprint density at radius 1 is 1.38 bits per heavy atom. The van der Waals surface area contributed by atoms with E-state index in [1.54, 1.807) is 7.05 Å². The van der Waals surface area contributed by atoms with Crippen LogP contribution in [0.25, 0.3) is 0 Å². The first kappa shape index (κ1) is 10.8. The number of halogens is 3. The maximum atomic E-state index is 12.0. The van der Waals surface area contributed by atoms with E-state index in [-0.39, 0.29) is 6.04 Å². The molecular weight excluding hydrogens is 179 g/mol. The van der Waals surface area contributed by atoms with Crippen molar-refractivity contribution in [2.75, 3.05) is 7.05 Å². The highest BCUT2D eigenvalue weighted by Crippen LogP contribution is 2.33. The summed E-state index contributed by atoms with van der Waals surface area (Å²) in [6, 6.07) is -0.384. The summed E-state index contributed by atoms with van der Waals surface area (Å²) in [6.45, 7) is 0. The lowest BCUT2D eigenvalue weighted by Gasteiger charge is -2.29. The predicted molar refractivity (Wildman–Crippen MR) is 45.5 cm³/mol. The van der Waals surface area contributed by atoms with Crippen molar-refractivity contribution in [2.45, 2.75) is 44.3 Å². The predicted octanol–water partition coefficient (Wildman–Crippen LogP) is 2.72. The first-order valence-electron chi connectivity index (χ1n) is 4.75. The van der Waals surface area contributed by atoms with E-state index in [0.717, 1.165) is 12.8 Å². The second-order valence-electron chi connectivity index (χ2n) is 3.84. The number of alkyl halides is 3. The molecule has 0 aliphatic heterocycles. The summed E-state index contributed by atoms with van der Waals surface area (Å²) in [4.78, 5) is 0. The zero-order valence-corrected chi connectivity index (χ0v) is 7.82. The van der Waals surface area contributed by atoms with Crippen molar-refractivity contribution in [1.29, 1.82) is 0 Å². The van der Waals surface area contributed by atoms with Gasteiger partial charge in [0.2, 0.25) is 0 Å². The Morgan fingerprint density at radius 3 is 2.31 bits per heavy atom. The van der Waals surface area contributed by atoms with E-state index in [2.05, 4.69) is 5.32 Å². The second kappa shape index (κ2) is 4.31. The van der Waals surface area contributed by atoms with Gasteiger partial charge >= 0.3 is 6.18 Å². The molecule has 4 heteroatoms. The van der Waals surface area contributed by atoms with Gasteiger partial charge in [-0.25, -0.2) is 0 Å². The Hall–Kier alpha value is -0.250. The van der Waals surface area contributed by atoms with Gasteiger partial charge < -0.3 is 5.32 Å². The van der Waals surface area contributed by atoms with Gasteiger partial charge in [-0.05, 0) is 19.4 Å². The molecule has 0 saturated heterocycles. The molecule has 78 valence electrons. The molecule has 0 bridgehead atoms. The molecule has 1 saturated carbocycles. The van der Waals surface area contributed by atoms with Crippen molar-refractivity contribution in [3.05, 3.63) is 0 Å². The van der Waals surface area contributed by atoms with E-state index in [4.69, 9.17) is 0 Å². The Bertz CT molecular complexity index is 151. The molecule has 0 spiro atoms. The van der Waals surface area contributed by atoms with Crippen LogP contribution in [0, 0.1) is 5.92 Å². The van der Waals surface area contributed by atoms with E-state index >= 15 is 0 Å². The van der Waals surface area contributed by atoms with Crippen molar-refractivity contribution < 1.29 is 13.2 Å². The van der Waals surface area contributed by atoms with Crippen LogP contribution in [0.3, 0.4) is 0 Å². The monoisotopic (exact) mass is 195 g/mol. The Kier molecular flexibility index (Phi) is 3.59. The van der Waals surface area contributed by atoms with Gasteiger partial charge in [-0.2, -0.15) is 13.2 Å².